The summed E-state index contributed by atoms with van der Waals surface area (Å²) >= 11 is 0. The third kappa shape index (κ3) is 3.10. The lowest BCUT2D eigenvalue weighted by molar-refractivity contribution is -0.154. The SMILES string of the molecule is N#Cc1ccc2c(cnn2CC2C[C@H](C(=O)N3CCC3c3cccc(F)c3)C3CC2C3)c1. The molecule has 4 aliphatic rings. The second kappa shape index (κ2) is 7.44. The summed E-state index contributed by atoms with van der Waals surface area (Å²) in [4.78, 5) is 15.5. The molecule has 0 spiro atoms. The number of rotatable bonds is 4. The van der Waals surface area contributed by atoms with E-state index in [0.717, 1.165) is 55.2 Å². The van der Waals surface area contributed by atoms with Gasteiger partial charge in [0.05, 0.1) is 29.4 Å². The molecule has 2 bridgehead atoms. The summed E-state index contributed by atoms with van der Waals surface area (Å²) < 4.78 is 15.7. The van der Waals surface area contributed by atoms with Gasteiger partial charge in [-0.05, 0) is 79.3 Å². The third-order valence-electron chi connectivity index (χ3n) is 8.04. The van der Waals surface area contributed by atoms with Gasteiger partial charge in [-0.25, -0.2) is 4.39 Å². The molecular weight excluding hydrogens is 403 g/mol. The second-order valence-corrected chi connectivity index (χ2v) is 9.70. The molecule has 5 nitrogen and oxygen atoms in total. The number of benzene rings is 2. The van der Waals surface area contributed by atoms with Crippen LogP contribution in [0.2, 0.25) is 0 Å². The van der Waals surface area contributed by atoms with Crippen molar-refractivity contribution < 1.29 is 9.18 Å². The van der Waals surface area contributed by atoms with Gasteiger partial charge in [0.1, 0.15) is 5.82 Å². The van der Waals surface area contributed by atoms with E-state index in [0.29, 0.717) is 23.3 Å². The van der Waals surface area contributed by atoms with Crippen LogP contribution >= 0.6 is 0 Å². The van der Waals surface area contributed by atoms with Crippen LogP contribution < -0.4 is 0 Å². The largest absolute Gasteiger partial charge is 0.335 e. The first-order chi connectivity index (χ1) is 15.6. The number of carbonyl (C=O) groups is 1. The Morgan fingerprint density at radius 2 is 2.03 bits per heavy atom. The lowest BCUT2D eigenvalue weighted by Gasteiger charge is -2.53. The quantitative estimate of drug-likeness (QED) is 0.606. The fourth-order valence-electron chi connectivity index (χ4n) is 6.11. The zero-order chi connectivity index (χ0) is 21.8. The molecular formula is C26H25FN4O. The van der Waals surface area contributed by atoms with E-state index in [1.165, 1.54) is 6.07 Å². The number of carbonyl (C=O) groups excluding carboxylic acids is 1. The molecule has 6 heteroatoms. The first-order valence-electron chi connectivity index (χ1n) is 11.5. The monoisotopic (exact) mass is 428 g/mol. The summed E-state index contributed by atoms with van der Waals surface area (Å²) in [6, 6.07) is 14.6. The Morgan fingerprint density at radius 1 is 1.16 bits per heavy atom. The van der Waals surface area contributed by atoms with Gasteiger partial charge in [-0.2, -0.15) is 10.4 Å². The van der Waals surface area contributed by atoms with E-state index in [1.54, 1.807) is 12.1 Å². The highest BCUT2D eigenvalue weighted by molar-refractivity contribution is 5.81. The number of nitriles is 1. The number of hydrogen-bond donors (Lipinski definition) is 0. The second-order valence-electron chi connectivity index (χ2n) is 9.70. The van der Waals surface area contributed by atoms with E-state index >= 15 is 0 Å². The van der Waals surface area contributed by atoms with Crippen LogP contribution in [-0.4, -0.2) is 27.1 Å². The number of aromatic nitrogens is 2. The molecule has 2 heterocycles. The molecule has 3 atom stereocenters. The Hall–Kier alpha value is -3.20. The highest BCUT2D eigenvalue weighted by atomic mass is 19.1. The summed E-state index contributed by atoms with van der Waals surface area (Å²) in [5.41, 5.74) is 2.59. The van der Waals surface area contributed by atoms with Gasteiger partial charge in [0.15, 0.2) is 0 Å². The molecule has 3 aliphatic carbocycles. The summed E-state index contributed by atoms with van der Waals surface area (Å²) in [5.74, 6) is 1.66. The van der Waals surface area contributed by atoms with Crippen molar-refractivity contribution >= 4 is 16.8 Å². The summed E-state index contributed by atoms with van der Waals surface area (Å²) in [7, 11) is 0. The maximum atomic E-state index is 13.7. The molecule has 1 saturated heterocycles. The fraction of sp³-hybridized carbons (Fsp3) is 0.423. The molecule has 32 heavy (non-hydrogen) atoms. The molecule has 4 fully saturated rings. The predicted molar refractivity (Wildman–Crippen MR) is 118 cm³/mol. The van der Waals surface area contributed by atoms with Crippen molar-refractivity contribution in [3.63, 3.8) is 0 Å². The Kier molecular flexibility index (Phi) is 4.53. The van der Waals surface area contributed by atoms with Crippen molar-refractivity contribution in [2.45, 2.75) is 38.3 Å². The Morgan fingerprint density at radius 3 is 2.78 bits per heavy atom. The van der Waals surface area contributed by atoms with E-state index in [4.69, 9.17) is 5.26 Å². The lowest BCUT2D eigenvalue weighted by Crippen LogP contribution is -2.54. The maximum absolute atomic E-state index is 13.7. The van der Waals surface area contributed by atoms with Crippen LogP contribution in [0.25, 0.3) is 10.9 Å². The number of hydrogen-bond acceptors (Lipinski definition) is 3. The van der Waals surface area contributed by atoms with E-state index in [1.807, 2.05) is 40.0 Å². The van der Waals surface area contributed by atoms with E-state index < -0.39 is 0 Å². The molecule has 7 rings (SSSR count). The van der Waals surface area contributed by atoms with Gasteiger partial charge in [-0.1, -0.05) is 12.1 Å². The van der Waals surface area contributed by atoms with Gasteiger partial charge in [0, 0.05) is 24.4 Å². The molecule has 1 aliphatic heterocycles. The number of likely N-dealkylation sites (tertiary alicyclic amines) is 1. The third-order valence-corrected chi connectivity index (χ3v) is 8.04. The number of halogens is 1. The molecule has 3 saturated carbocycles. The van der Waals surface area contributed by atoms with Crippen LogP contribution in [0.1, 0.15) is 42.9 Å². The number of amides is 1. The Bertz CT molecular complexity index is 1240. The van der Waals surface area contributed by atoms with Gasteiger partial charge in [-0.3, -0.25) is 9.48 Å². The minimum atomic E-state index is -0.241. The van der Waals surface area contributed by atoms with Gasteiger partial charge in [0.25, 0.3) is 0 Å². The Balaban J connectivity index is 1.18. The van der Waals surface area contributed by atoms with Gasteiger partial charge >= 0.3 is 0 Å². The van der Waals surface area contributed by atoms with Crippen molar-refractivity contribution in [1.29, 1.82) is 5.26 Å². The molecule has 1 aromatic heterocycles. The zero-order valence-electron chi connectivity index (χ0n) is 17.8. The Labute approximate surface area is 186 Å². The van der Waals surface area contributed by atoms with Crippen molar-refractivity contribution in [3.8, 4) is 6.07 Å². The van der Waals surface area contributed by atoms with Crippen LogP contribution in [0, 0.1) is 40.8 Å². The first kappa shape index (κ1) is 19.5. The normalized spacial score (nSPS) is 28.6. The highest BCUT2D eigenvalue weighted by Crippen LogP contribution is 2.54. The van der Waals surface area contributed by atoms with Crippen LogP contribution in [-0.2, 0) is 11.3 Å². The molecule has 3 aromatic rings. The van der Waals surface area contributed by atoms with Crippen LogP contribution in [0.5, 0.6) is 0 Å². The van der Waals surface area contributed by atoms with Gasteiger partial charge in [0.2, 0.25) is 5.91 Å². The van der Waals surface area contributed by atoms with Crippen molar-refractivity contribution in [1.82, 2.24) is 14.7 Å². The minimum Gasteiger partial charge on any atom is -0.335 e. The fourth-order valence-corrected chi connectivity index (χ4v) is 6.11. The van der Waals surface area contributed by atoms with E-state index in [-0.39, 0.29) is 23.7 Å². The summed E-state index contributed by atoms with van der Waals surface area (Å²) in [5, 5.41) is 14.7. The zero-order valence-corrected chi connectivity index (χ0v) is 17.8. The predicted octanol–water partition coefficient (Wildman–Crippen LogP) is 4.68. The molecule has 2 unspecified atom stereocenters. The van der Waals surface area contributed by atoms with Crippen molar-refractivity contribution in [3.05, 3.63) is 65.6 Å². The van der Waals surface area contributed by atoms with Crippen molar-refractivity contribution in [2.24, 2.45) is 23.7 Å². The van der Waals surface area contributed by atoms with Crippen LogP contribution in [0.15, 0.2) is 48.7 Å². The first-order valence-corrected chi connectivity index (χ1v) is 11.5. The van der Waals surface area contributed by atoms with Gasteiger partial charge < -0.3 is 4.90 Å². The molecule has 1 amide bonds. The minimum absolute atomic E-state index is 0.0128. The molecule has 0 radical (unpaired) electrons. The number of nitrogens with zero attached hydrogens (tertiary/aromatic N) is 4. The summed E-state index contributed by atoms with van der Waals surface area (Å²) in [6.07, 6.45) is 5.88. The molecule has 2 aromatic carbocycles. The van der Waals surface area contributed by atoms with Crippen molar-refractivity contribution in [2.75, 3.05) is 6.54 Å². The van der Waals surface area contributed by atoms with Gasteiger partial charge in [-0.15, -0.1) is 0 Å². The molecule has 162 valence electrons. The van der Waals surface area contributed by atoms with Crippen LogP contribution in [0.3, 0.4) is 0 Å². The average molecular weight is 429 g/mol. The smallest absolute Gasteiger partial charge is 0.226 e. The molecule has 0 N–H and O–H groups in total. The lowest BCUT2D eigenvalue weighted by atomic mass is 9.55. The number of fused-ring (bicyclic) bond motifs is 3. The van der Waals surface area contributed by atoms with E-state index in [2.05, 4.69) is 11.2 Å². The average Bonchev–Trinajstić information content (AvgIpc) is 3.14. The van der Waals surface area contributed by atoms with Crippen LogP contribution in [0.4, 0.5) is 4.39 Å². The maximum Gasteiger partial charge on any atom is 0.226 e. The topological polar surface area (TPSA) is 61.9 Å². The highest BCUT2D eigenvalue weighted by Gasteiger charge is 2.51. The standard InChI is InChI=1S/C26H25FN4O/c27-22-3-1-2-17(11-22)24-6-7-30(24)26(32)23-12-21(18-9-19(23)10-18)15-31-25-5-4-16(13-28)8-20(25)14-29-31/h1-5,8,11,14,18-19,21,23-24H,6-7,9-10,12,15H2/t18?,19?,21?,23-,24?/m0/s1. The van der Waals surface area contributed by atoms with E-state index in [9.17, 15) is 9.18 Å². The summed E-state index contributed by atoms with van der Waals surface area (Å²) in [6.45, 7) is 1.58.